The molecule has 1 saturated carbocycles. The van der Waals surface area contributed by atoms with Crippen LogP contribution in [0.1, 0.15) is 50.2 Å². The van der Waals surface area contributed by atoms with Gasteiger partial charge in [0.05, 0.1) is 20.9 Å². The highest BCUT2D eigenvalue weighted by Crippen LogP contribution is 2.32. The van der Waals surface area contributed by atoms with Crippen LogP contribution in [0.25, 0.3) is 15.9 Å². The first kappa shape index (κ1) is 24.2. The van der Waals surface area contributed by atoms with Gasteiger partial charge in [-0.2, -0.15) is 0 Å². The zero-order chi connectivity index (χ0) is 24.0. The third-order valence-corrected chi connectivity index (χ3v) is 9.18. The standard InChI is InChI=1S/C26H34N6OS/c1-4-14-31-34(33,17-21-7-5-20(6-8-21)16-27-2)18-22-9-11-23(12-10-22)32(3)26-24-13-15-28-25(24)29-19-30-26/h5-8,13,15,19,22-23H,4,9-12,14,16-18H2,1,3H3,(H,28,29,30). The van der Waals surface area contributed by atoms with Gasteiger partial charge >= 0.3 is 0 Å². The van der Waals surface area contributed by atoms with E-state index in [2.05, 4.69) is 38.7 Å². The summed E-state index contributed by atoms with van der Waals surface area (Å²) >= 11 is 0. The van der Waals surface area contributed by atoms with Crippen LogP contribution in [0.3, 0.4) is 0 Å². The molecule has 180 valence electrons. The molecule has 1 N–H and O–H groups in total. The fourth-order valence-electron chi connectivity index (χ4n) is 4.89. The number of nitrogens with zero attached hydrogens (tertiary/aromatic N) is 5. The van der Waals surface area contributed by atoms with Crippen molar-refractivity contribution in [3.05, 3.63) is 65.4 Å². The quantitative estimate of drug-likeness (QED) is 0.415. The summed E-state index contributed by atoms with van der Waals surface area (Å²) in [5.74, 6) is 2.57. The van der Waals surface area contributed by atoms with Crippen molar-refractivity contribution < 1.29 is 4.21 Å². The van der Waals surface area contributed by atoms with E-state index in [-0.39, 0.29) is 0 Å². The second kappa shape index (κ2) is 11.0. The van der Waals surface area contributed by atoms with E-state index in [1.165, 1.54) is 0 Å². The number of aromatic amines is 1. The molecule has 0 bridgehead atoms. The van der Waals surface area contributed by atoms with E-state index in [1.54, 1.807) is 6.33 Å². The smallest absolute Gasteiger partial charge is 0.239 e. The maximum absolute atomic E-state index is 13.9. The summed E-state index contributed by atoms with van der Waals surface area (Å²) in [6.07, 6.45) is 8.66. The molecule has 34 heavy (non-hydrogen) atoms. The average Bonchev–Trinajstić information content (AvgIpc) is 3.33. The molecule has 1 aliphatic rings. The van der Waals surface area contributed by atoms with Crippen molar-refractivity contribution >= 4 is 26.6 Å². The van der Waals surface area contributed by atoms with Gasteiger partial charge in [-0.1, -0.05) is 31.2 Å². The number of rotatable bonds is 9. The van der Waals surface area contributed by atoms with Crippen molar-refractivity contribution in [1.29, 1.82) is 0 Å². The first-order chi connectivity index (χ1) is 16.5. The fourth-order valence-corrected chi connectivity index (χ4v) is 7.50. The van der Waals surface area contributed by atoms with Gasteiger partial charge < -0.3 is 14.7 Å². The van der Waals surface area contributed by atoms with Gasteiger partial charge in [0.1, 0.15) is 17.8 Å². The Morgan fingerprint density at radius 2 is 1.88 bits per heavy atom. The Bertz CT molecular complexity index is 1240. The Morgan fingerprint density at radius 3 is 2.59 bits per heavy atom. The van der Waals surface area contributed by atoms with Gasteiger partial charge in [-0.3, -0.25) is 0 Å². The maximum Gasteiger partial charge on any atom is 0.239 e. The van der Waals surface area contributed by atoms with Crippen LogP contribution in [0.2, 0.25) is 0 Å². The van der Waals surface area contributed by atoms with Crippen molar-refractivity contribution in [2.75, 3.05) is 24.2 Å². The van der Waals surface area contributed by atoms with E-state index >= 15 is 0 Å². The highest BCUT2D eigenvalue weighted by atomic mass is 32.2. The van der Waals surface area contributed by atoms with Crippen LogP contribution in [0.15, 0.2) is 47.2 Å². The molecule has 4 rings (SSSR count). The van der Waals surface area contributed by atoms with Gasteiger partial charge in [-0.15, -0.1) is 0 Å². The molecule has 1 aromatic carbocycles. The molecule has 0 saturated heterocycles. The molecule has 0 spiro atoms. The lowest BCUT2D eigenvalue weighted by Gasteiger charge is -2.35. The Kier molecular flexibility index (Phi) is 7.84. The topological polar surface area (TPSA) is 78.6 Å². The highest BCUT2D eigenvalue weighted by molar-refractivity contribution is 7.92. The Hall–Kier alpha value is -2.92. The van der Waals surface area contributed by atoms with E-state index in [0.717, 1.165) is 60.1 Å². The number of hydrogen-bond acceptors (Lipinski definition) is 5. The Morgan fingerprint density at radius 1 is 1.15 bits per heavy atom. The van der Waals surface area contributed by atoms with E-state index in [1.807, 2.05) is 36.5 Å². The van der Waals surface area contributed by atoms with Crippen LogP contribution in [0, 0.1) is 12.5 Å². The van der Waals surface area contributed by atoms with Crippen LogP contribution >= 0.6 is 0 Å². The highest BCUT2D eigenvalue weighted by Gasteiger charge is 2.28. The summed E-state index contributed by atoms with van der Waals surface area (Å²) < 4.78 is 18.6. The number of nitrogens with one attached hydrogen (secondary N) is 1. The van der Waals surface area contributed by atoms with Crippen LogP contribution in [0.4, 0.5) is 5.82 Å². The third-order valence-electron chi connectivity index (χ3n) is 6.75. The predicted octanol–water partition coefficient (Wildman–Crippen LogP) is 5.45. The van der Waals surface area contributed by atoms with Crippen LogP contribution < -0.4 is 4.90 Å². The van der Waals surface area contributed by atoms with Crippen LogP contribution in [0.5, 0.6) is 0 Å². The van der Waals surface area contributed by atoms with Crippen LogP contribution in [-0.2, 0) is 22.0 Å². The lowest BCUT2D eigenvalue weighted by molar-refractivity contribution is 0.342. The van der Waals surface area contributed by atoms with Crippen LogP contribution in [-0.4, -0.2) is 44.5 Å². The number of benzene rings is 1. The number of hydrogen-bond donors (Lipinski definition) is 1. The largest absolute Gasteiger partial charge is 0.356 e. The third kappa shape index (κ3) is 5.76. The maximum atomic E-state index is 13.9. The minimum absolute atomic E-state index is 0.387. The molecule has 0 radical (unpaired) electrons. The molecule has 1 unspecified atom stereocenters. The number of aromatic nitrogens is 3. The van der Waals surface area contributed by atoms with Crippen molar-refractivity contribution in [1.82, 2.24) is 15.0 Å². The lowest BCUT2D eigenvalue weighted by atomic mass is 9.86. The molecule has 3 aromatic rings. The molecular weight excluding hydrogens is 444 g/mol. The first-order valence-corrected chi connectivity index (χ1v) is 14.0. The van der Waals surface area contributed by atoms with Gasteiger partial charge in [0, 0.05) is 37.1 Å². The molecule has 7 nitrogen and oxygen atoms in total. The monoisotopic (exact) mass is 478 g/mol. The molecule has 2 aromatic heterocycles. The van der Waals surface area contributed by atoms with E-state index < -0.39 is 9.73 Å². The molecule has 8 heteroatoms. The van der Waals surface area contributed by atoms with E-state index in [9.17, 15) is 4.21 Å². The van der Waals surface area contributed by atoms with Gasteiger partial charge in [0.25, 0.3) is 0 Å². The Labute approximate surface area is 203 Å². The van der Waals surface area contributed by atoms with Gasteiger partial charge in [0.2, 0.25) is 6.54 Å². The van der Waals surface area contributed by atoms with Crippen molar-refractivity contribution in [3.8, 4) is 0 Å². The number of anilines is 1. The molecule has 1 fully saturated rings. The summed E-state index contributed by atoms with van der Waals surface area (Å²) in [5.41, 5.74) is 2.91. The average molecular weight is 479 g/mol. The summed E-state index contributed by atoms with van der Waals surface area (Å²) in [7, 11) is -0.192. The zero-order valence-electron chi connectivity index (χ0n) is 20.1. The second-order valence-electron chi connectivity index (χ2n) is 9.29. The first-order valence-electron chi connectivity index (χ1n) is 12.1. The summed E-state index contributed by atoms with van der Waals surface area (Å²) in [6, 6.07) is 10.4. The summed E-state index contributed by atoms with van der Waals surface area (Å²) in [5, 5.41) is 1.05. The molecule has 0 aliphatic heterocycles. The van der Waals surface area contributed by atoms with Crippen molar-refractivity contribution in [2.24, 2.45) is 10.3 Å². The van der Waals surface area contributed by atoms with Gasteiger partial charge in [-0.25, -0.2) is 25.1 Å². The number of H-pyrrole nitrogens is 1. The molecular formula is C26H34N6OS. The normalized spacial score (nSPS) is 19.9. The molecule has 1 atom stereocenters. The van der Waals surface area contributed by atoms with E-state index in [4.69, 9.17) is 10.9 Å². The fraction of sp³-hybridized carbons (Fsp3) is 0.500. The lowest BCUT2D eigenvalue weighted by Crippen LogP contribution is -2.37. The SMILES string of the molecule is [C-]#[N+]Cc1ccc(CS(=O)(CC2CCC(N(C)c3ncnc4[nH]ccc34)CC2)=NCCC)cc1. The predicted molar refractivity (Wildman–Crippen MR) is 139 cm³/mol. The number of fused-ring (bicyclic) bond motifs is 1. The molecule has 1 aliphatic carbocycles. The molecule has 0 amide bonds. The summed E-state index contributed by atoms with van der Waals surface area (Å²) in [4.78, 5) is 17.7. The minimum Gasteiger partial charge on any atom is -0.356 e. The van der Waals surface area contributed by atoms with E-state index in [0.29, 0.717) is 36.6 Å². The van der Waals surface area contributed by atoms with Gasteiger partial charge in [0.15, 0.2) is 0 Å². The Balaban J connectivity index is 1.40. The van der Waals surface area contributed by atoms with Crippen molar-refractivity contribution in [3.63, 3.8) is 0 Å². The summed E-state index contributed by atoms with van der Waals surface area (Å²) in [6.45, 7) is 10.1. The van der Waals surface area contributed by atoms with Crippen molar-refractivity contribution in [2.45, 2.75) is 57.4 Å². The molecule has 2 heterocycles. The minimum atomic E-state index is -2.31. The second-order valence-corrected chi connectivity index (χ2v) is 11.7. The zero-order valence-corrected chi connectivity index (χ0v) is 20.9. The van der Waals surface area contributed by atoms with Gasteiger partial charge in [-0.05, 0) is 49.7 Å².